The molecule has 0 radical (unpaired) electrons. The average Bonchev–Trinajstić information content (AvgIpc) is 2.80. The first-order valence-electron chi connectivity index (χ1n) is 5.59. The Morgan fingerprint density at radius 2 is 2.28 bits per heavy atom. The van der Waals surface area contributed by atoms with Crippen LogP contribution >= 0.6 is 11.6 Å². The molecule has 0 aliphatic carbocycles. The number of rotatable bonds is 4. The standard InChI is InChI=1S/C13H12ClFN2O/c1-2-17-8-9(7-16-17)5-13(18)10-3-4-11(14)12(15)6-10/h3-4,6-8H,2,5H2,1H3. The number of nitrogens with zero attached hydrogens (tertiary/aromatic N) is 2. The van der Waals surface area contributed by atoms with Gasteiger partial charge in [-0.05, 0) is 30.7 Å². The van der Waals surface area contributed by atoms with Crippen LogP contribution in [0.15, 0.2) is 30.6 Å². The second kappa shape index (κ2) is 5.31. The molecule has 1 aromatic carbocycles. The number of aromatic nitrogens is 2. The van der Waals surface area contributed by atoms with Gasteiger partial charge in [-0.15, -0.1) is 0 Å². The maximum absolute atomic E-state index is 13.2. The van der Waals surface area contributed by atoms with Crippen LogP contribution in [-0.4, -0.2) is 15.6 Å². The number of carbonyl (C=O) groups excluding carboxylic acids is 1. The third-order valence-electron chi connectivity index (χ3n) is 2.62. The largest absolute Gasteiger partial charge is 0.294 e. The summed E-state index contributed by atoms with van der Waals surface area (Å²) < 4.78 is 15.0. The minimum Gasteiger partial charge on any atom is -0.294 e. The van der Waals surface area contributed by atoms with Crippen molar-refractivity contribution in [1.82, 2.24) is 9.78 Å². The van der Waals surface area contributed by atoms with Crippen LogP contribution in [0.3, 0.4) is 0 Å². The van der Waals surface area contributed by atoms with Crippen molar-refractivity contribution >= 4 is 17.4 Å². The molecule has 1 aromatic heterocycles. The van der Waals surface area contributed by atoms with Crippen LogP contribution in [0.1, 0.15) is 22.8 Å². The topological polar surface area (TPSA) is 34.9 Å². The van der Waals surface area contributed by atoms with Crippen molar-refractivity contribution < 1.29 is 9.18 Å². The number of ketones is 1. The lowest BCUT2D eigenvalue weighted by Crippen LogP contribution is -2.03. The van der Waals surface area contributed by atoms with Gasteiger partial charge in [0.25, 0.3) is 0 Å². The van der Waals surface area contributed by atoms with E-state index in [0.29, 0.717) is 5.56 Å². The third kappa shape index (κ3) is 2.76. The maximum atomic E-state index is 13.2. The molecule has 0 unspecified atom stereocenters. The van der Waals surface area contributed by atoms with Crippen LogP contribution in [0, 0.1) is 5.82 Å². The summed E-state index contributed by atoms with van der Waals surface area (Å²) in [6, 6.07) is 4.08. The van der Waals surface area contributed by atoms with Crippen molar-refractivity contribution in [3.05, 3.63) is 52.6 Å². The number of aryl methyl sites for hydroxylation is 1. The van der Waals surface area contributed by atoms with Crippen molar-refractivity contribution in [2.24, 2.45) is 0 Å². The van der Waals surface area contributed by atoms with Crippen LogP contribution in [0.5, 0.6) is 0 Å². The van der Waals surface area contributed by atoms with Gasteiger partial charge in [-0.2, -0.15) is 5.10 Å². The first kappa shape index (κ1) is 12.8. The molecule has 0 saturated heterocycles. The van der Waals surface area contributed by atoms with Crippen molar-refractivity contribution in [3.63, 3.8) is 0 Å². The van der Waals surface area contributed by atoms with E-state index >= 15 is 0 Å². The van der Waals surface area contributed by atoms with E-state index in [1.54, 1.807) is 10.9 Å². The summed E-state index contributed by atoms with van der Waals surface area (Å²) in [5.41, 5.74) is 1.14. The Hall–Kier alpha value is -1.68. The number of halogens is 2. The highest BCUT2D eigenvalue weighted by Gasteiger charge is 2.11. The van der Waals surface area contributed by atoms with Gasteiger partial charge in [-0.3, -0.25) is 9.48 Å². The lowest BCUT2D eigenvalue weighted by atomic mass is 10.1. The third-order valence-corrected chi connectivity index (χ3v) is 2.92. The fourth-order valence-electron chi connectivity index (χ4n) is 1.63. The lowest BCUT2D eigenvalue weighted by molar-refractivity contribution is 0.0992. The Balaban J connectivity index is 2.14. The van der Waals surface area contributed by atoms with E-state index in [4.69, 9.17) is 11.6 Å². The first-order valence-corrected chi connectivity index (χ1v) is 5.97. The van der Waals surface area contributed by atoms with Crippen molar-refractivity contribution in [2.75, 3.05) is 0 Å². The number of hydrogen-bond acceptors (Lipinski definition) is 2. The summed E-state index contributed by atoms with van der Waals surface area (Å²) in [6.07, 6.45) is 3.67. The molecular formula is C13H12ClFN2O. The molecule has 0 spiro atoms. The molecule has 0 amide bonds. The van der Waals surface area contributed by atoms with Crippen LogP contribution in [-0.2, 0) is 13.0 Å². The van der Waals surface area contributed by atoms with E-state index in [9.17, 15) is 9.18 Å². The first-order chi connectivity index (χ1) is 8.60. The highest BCUT2D eigenvalue weighted by Crippen LogP contribution is 2.17. The Morgan fingerprint density at radius 3 is 2.89 bits per heavy atom. The molecule has 2 rings (SSSR count). The van der Waals surface area contributed by atoms with Crippen LogP contribution in [0.2, 0.25) is 5.02 Å². The molecule has 94 valence electrons. The Bertz CT molecular complexity index is 580. The van der Waals surface area contributed by atoms with Crippen molar-refractivity contribution in [3.8, 4) is 0 Å². The van der Waals surface area contributed by atoms with Crippen molar-refractivity contribution in [1.29, 1.82) is 0 Å². The lowest BCUT2D eigenvalue weighted by Gasteiger charge is -2.00. The molecule has 2 aromatic rings. The summed E-state index contributed by atoms with van der Waals surface area (Å²) in [6.45, 7) is 2.72. The average molecular weight is 267 g/mol. The van der Waals surface area contributed by atoms with Gasteiger partial charge >= 0.3 is 0 Å². The van der Waals surface area contributed by atoms with Gasteiger partial charge in [0.1, 0.15) is 5.82 Å². The molecule has 1 heterocycles. The Kier molecular flexibility index (Phi) is 3.77. The zero-order valence-electron chi connectivity index (χ0n) is 9.86. The summed E-state index contributed by atoms with van der Waals surface area (Å²) in [7, 11) is 0. The quantitative estimate of drug-likeness (QED) is 0.797. The van der Waals surface area contributed by atoms with Gasteiger partial charge < -0.3 is 0 Å². The van der Waals surface area contributed by atoms with E-state index in [2.05, 4.69) is 5.10 Å². The van der Waals surface area contributed by atoms with Gasteiger partial charge in [0, 0.05) is 24.7 Å². The zero-order valence-corrected chi connectivity index (χ0v) is 10.6. The van der Waals surface area contributed by atoms with Crippen LogP contribution in [0.25, 0.3) is 0 Å². The van der Waals surface area contributed by atoms with Gasteiger partial charge in [0.15, 0.2) is 5.78 Å². The number of hydrogen-bond donors (Lipinski definition) is 0. The van der Waals surface area contributed by atoms with Gasteiger partial charge in [0.2, 0.25) is 0 Å². The second-order valence-electron chi connectivity index (χ2n) is 3.93. The highest BCUT2D eigenvalue weighted by atomic mass is 35.5. The molecule has 0 aliphatic heterocycles. The fraction of sp³-hybridized carbons (Fsp3) is 0.231. The van der Waals surface area contributed by atoms with Gasteiger partial charge in [-0.1, -0.05) is 11.6 Å². The minimum absolute atomic E-state index is 0.0188. The fourth-order valence-corrected chi connectivity index (χ4v) is 1.75. The number of benzene rings is 1. The smallest absolute Gasteiger partial charge is 0.167 e. The SMILES string of the molecule is CCn1cc(CC(=O)c2ccc(Cl)c(F)c2)cn1. The number of Topliss-reactive ketones (excluding diaryl/α,β-unsaturated/α-hetero) is 1. The molecule has 3 nitrogen and oxygen atoms in total. The summed E-state index contributed by atoms with van der Waals surface area (Å²) >= 11 is 5.57. The van der Waals surface area contributed by atoms with Crippen molar-refractivity contribution in [2.45, 2.75) is 19.9 Å². The van der Waals surface area contributed by atoms with E-state index in [1.165, 1.54) is 12.1 Å². The Morgan fingerprint density at radius 1 is 1.50 bits per heavy atom. The second-order valence-corrected chi connectivity index (χ2v) is 4.34. The highest BCUT2D eigenvalue weighted by molar-refractivity contribution is 6.30. The van der Waals surface area contributed by atoms with E-state index < -0.39 is 5.82 Å². The summed E-state index contributed by atoms with van der Waals surface area (Å²) in [4.78, 5) is 11.9. The predicted molar refractivity (Wildman–Crippen MR) is 67.3 cm³/mol. The molecule has 18 heavy (non-hydrogen) atoms. The molecule has 0 N–H and O–H groups in total. The molecule has 0 aliphatic rings. The van der Waals surface area contributed by atoms with E-state index in [1.807, 2.05) is 13.1 Å². The molecule has 0 atom stereocenters. The molecular weight excluding hydrogens is 255 g/mol. The maximum Gasteiger partial charge on any atom is 0.167 e. The van der Waals surface area contributed by atoms with Gasteiger partial charge in [-0.25, -0.2) is 4.39 Å². The van der Waals surface area contributed by atoms with Crippen LogP contribution in [0.4, 0.5) is 4.39 Å². The molecule has 0 saturated carbocycles. The summed E-state index contributed by atoms with van der Waals surface area (Å²) in [5.74, 6) is -0.729. The Labute approximate surface area is 109 Å². The normalized spacial score (nSPS) is 10.6. The number of carbonyl (C=O) groups is 1. The minimum atomic E-state index is -0.577. The van der Waals surface area contributed by atoms with Gasteiger partial charge in [0.05, 0.1) is 11.2 Å². The predicted octanol–water partition coefficient (Wildman–Crippen LogP) is 3.12. The molecule has 0 bridgehead atoms. The van der Waals surface area contributed by atoms with Crippen LogP contribution < -0.4 is 0 Å². The summed E-state index contributed by atoms with van der Waals surface area (Å²) in [5, 5.41) is 4.10. The zero-order chi connectivity index (χ0) is 13.1. The molecule has 0 fully saturated rings. The molecule has 5 heteroatoms. The monoisotopic (exact) mass is 266 g/mol. The van der Waals surface area contributed by atoms with E-state index in [-0.39, 0.29) is 17.2 Å². The van der Waals surface area contributed by atoms with E-state index in [0.717, 1.165) is 18.2 Å².